The van der Waals surface area contributed by atoms with Crippen LogP contribution in [0.25, 0.3) is 10.8 Å². The lowest BCUT2D eigenvalue weighted by atomic mass is 10.1. The molecule has 0 spiro atoms. The van der Waals surface area contributed by atoms with Crippen LogP contribution in [0, 0.1) is 5.82 Å². The van der Waals surface area contributed by atoms with Gasteiger partial charge in [0, 0.05) is 55.6 Å². The zero-order valence-electron chi connectivity index (χ0n) is 17.7. The number of anilines is 2. The number of amides is 1. The normalized spacial score (nSPS) is 14.7. The number of rotatable bonds is 6. The van der Waals surface area contributed by atoms with Crippen LogP contribution in [0.1, 0.15) is 19.0 Å². The maximum Gasteiger partial charge on any atom is 0.256 e. The van der Waals surface area contributed by atoms with E-state index in [4.69, 9.17) is 0 Å². The molecule has 6 nitrogen and oxygen atoms in total. The zero-order chi connectivity index (χ0) is 21.8. The Morgan fingerprint density at radius 3 is 2.68 bits per heavy atom. The number of nitrogens with zero attached hydrogens (tertiary/aromatic N) is 2. The van der Waals surface area contributed by atoms with E-state index >= 15 is 0 Å². The molecule has 1 amide bonds. The highest BCUT2D eigenvalue weighted by atomic mass is 19.1. The average Bonchev–Trinajstić information content (AvgIpc) is 2.75. The molecule has 0 bridgehead atoms. The summed E-state index contributed by atoms with van der Waals surface area (Å²) in [6.07, 6.45) is 1.72. The molecular formula is C24H27FN4O2. The van der Waals surface area contributed by atoms with Gasteiger partial charge in [-0.3, -0.25) is 14.5 Å². The molecular weight excluding hydrogens is 395 g/mol. The Bertz CT molecular complexity index is 1140. The number of aromatic amines is 1. The van der Waals surface area contributed by atoms with Crippen LogP contribution in [-0.4, -0.2) is 48.5 Å². The third-order valence-electron chi connectivity index (χ3n) is 5.69. The van der Waals surface area contributed by atoms with Crippen LogP contribution < -0.4 is 15.8 Å². The topological polar surface area (TPSA) is 68.4 Å². The number of H-pyrrole nitrogens is 1. The monoisotopic (exact) mass is 422 g/mol. The molecule has 162 valence electrons. The first-order chi connectivity index (χ1) is 15.0. The third kappa shape index (κ3) is 5.30. The van der Waals surface area contributed by atoms with Gasteiger partial charge in [-0.25, -0.2) is 4.39 Å². The number of aromatic nitrogens is 1. The minimum Gasteiger partial charge on any atom is -0.369 e. The molecule has 0 atom stereocenters. The summed E-state index contributed by atoms with van der Waals surface area (Å²) in [5, 5.41) is 4.00. The lowest BCUT2D eigenvalue weighted by Gasteiger charge is -2.36. The second kappa shape index (κ2) is 9.31. The van der Waals surface area contributed by atoms with E-state index < -0.39 is 5.82 Å². The summed E-state index contributed by atoms with van der Waals surface area (Å²) < 4.78 is 13.4. The maximum absolute atomic E-state index is 13.4. The van der Waals surface area contributed by atoms with Gasteiger partial charge in [-0.1, -0.05) is 12.1 Å². The van der Waals surface area contributed by atoms with Crippen LogP contribution in [0.3, 0.4) is 0 Å². The van der Waals surface area contributed by atoms with Crippen molar-refractivity contribution in [3.05, 3.63) is 70.4 Å². The van der Waals surface area contributed by atoms with Gasteiger partial charge in [-0.05, 0) is 61.2 Å². The van der Waals surface area contributed by atoms with Crippen molar-refractivity contribution in [3.63, 3.8) is 0 Å². The molecule has 2 aromatic carbocycles. The van der Waals surface area contributed by atoms with Crippen LogP contribution in [-0.2, 0) is 11.2 Å². The molecule has 2 N–H and O–H groups in total. The molecule has 1 fully saturated rings. The number of carbonyl (C=O) groups excluding carboxylic acids is 1. The van der Waals surface area contributed by atoms with Gasteiger partial charge in [0.25, 0.3) is 5.56 Å². The Kier molecular flexibility index (Phi) is 6.32. The molecule has 1 aliphatic heterocycles. The lowest BCUT2D eigenvalue weighted by molar-refractivity contribution is -0.114. The molecule has 4 rings (SSSR count). The van der Waals surface area contributed by atoms with Crippen molar-refractivity contribution in [2.24, 2.45) is 0 Å². The summed E-state index contributed by atoms with van der Waals surface area (Å²) in [6, 6.07) is 14.2. The Hall–Kier alpha value is -3.19. The molecule has 0 aliphatic carbocycles. The molecule has 0 unspecified atom stereocenters. The SMILES string of the molecule is CC(=O)Nc1cccc(N2CCN(CCCc3cc4ccc(F)cc4c(=O)[nH]3)CC2)c1. The standard InChI is InChI=1S/C24H27FN4O2/c1-17(30)26-21-4-2-6-22(16-21)29-12-10-28(11-13-29)9-3-5-20-14-18-7-8-19(25)15-23(18)24(31)27-20/h2,4,6-8,14-16H,3,5,9-13H2,1H3,(H,26,30)(H,27,31). The third-order valence-corrected chi connectivity index (χ3v) is 5.69. The number of hydrogen-bond acceptors (Lipinski definition) is 4. The number of carbonyl (C=O) groups is 1. The molecule has 1 saturated heterocycles. The van der Waals surface area contributed by atoms with Gasteiger partial charge in [0.2, 0.25) is 5.91 Å². The van der Waals surface area contributed by atoms with Crippen molar-refractivity contribution in [3.8, 4) is 0 Å². The van der Waals surface area contributed by atoms with Gasteiger partial charge in [0.1, 0.15) is 5.82 Å². The first-order valence-corrected chi connectivity index (χ1v) is 10.6. The fourth-order valence-electron chi connectivity index (χ4n) is 4.13. The summed E-state index contributed by atoms with van der Waals surface area (Å²) in [5.41, 5.74) is 2.59. The number of pyridine rings is 1. The summed E-state index contributed by atoms with van der Waals surface area (Å²) in [6.45, 7) is 6.28. The van der Waals surface area contributed by atoms with Crippen molar-refractivity contribution in [2.75, 3.05) is 42.9 Å². The highest BCUT2D eigenvalue weighted by Gasteiger charge is 2.17. The van der Waals surface area contributed by atoms with E-state index in [1.165, 1.54) is 19.1 Å². The van der Waals surface area contributed by atoms with E-state index in [1.807, 2.05) is 24.3 Å². The number of hydrogen-bond donors (Lipinski definition) is 2. The van der Waals surface area contributed by atoms with Crippen LogP contribution in [0.15, 0.2) is 53.3 Å². The fourth-order valence-corrected chi connectivity index (χ4v) is 4.13. The number of halogens is 1. The molecule has 31 heavy (non-hydrogen) atoms. The van der Waals surface area contributed by atoms with Crippen LogP contribution >= 0.6 is 0 Å². The van der Waals surface area contributed by atoms with Gasteiger partial charge in [0.05, 0.1) is 0 Å². The largest absolute Gasteiger partial charge is 0.369 e. The number of piperazine rings is 1. The van der Waals surface area contributed by atoms with Gasteiger partial charge >= 0.3 is 0 Å². The molecule has 0 saturated carbocycles. The number of fused-ring (bicyclic) bond motifs is 1. The number of nitrogens with one attached hydrogen (secondary N) is 2. The highest BCUT2D eigenvalue weighted by molar-refractivity contribution is 5.89. The summed E-state index contributed by atoms with van der Waals surface area (Å²) >= 11 is 0. The van der Waals surface area contributed by atoms with Crippen molar-refractivity contribution < 1.29 is 9.18 Å². The van der Waals surface area contributed by atoms with E-state index in [0.29, 0.717) is 5.39 Å². The van der Waals surface area contributed by atoms with Gasteiger partial charge in [-0.15, -0.1) is 0 Å². The maximum atomic E-state index is 13.4. The summed E-state index contributed by atoms with van der Waals surface area (Å²) in [4.78, 5) is 31.1. The van der Waals surface area contributed by atoms with Crippen LogP contribution in [0.4, 0.5) is 15.8 Å². The lowest BCUT2D eigenvalue weighted by Crippen LogP contribution is -2.46. The molecule has 3 aromatic rings. The first-order valence-electron chi connectivity index (χ1n) is 10.6. The quantitative estimate of drug-likeness (QED) is 0.639. The Balaban J connectivity index is 1.28. The summed E-state index contributed by atoms with van der Waals surface area (Å²) in [5.74, 6) is -0.464. The average molecular weight is 423 g/mol. The smallest absolute Gasteiger partial charge is 0.256 e. The second-order valence-corrected chi connectivity index (χ2v) is 8.02. The molecule has 0 radical (unpaired) electrons. The molecule has 1 aromatic heterocycles. The predicted molar refractivity (Wildman–Crippen MR) is 122 cm³/mol. The van der Waals surface area contributed by atoms with Crippen LogP contribution in [0.2, 0.25) is 0 Å². The summed E-state index contributed by atoms with van der Waals surface area (Å²) in [7, 11) is 0. The Morgan fingerprint density at radius 2 is 1.90 bits per heavy atom. The minimum absolute atomic E-state index is 0.0677. The highest BCUT2D eigenvalue weighted by Crippen LogP contribution is 2.21. The van der Waals surface area contributed by atoms with E-state index in [-0.39, 0.29) is 11.5 Å². The van der Waals surface area contributed by atoms with E-state index in [9.17, 15) is 14.0 Å². The van der Waals surface area contributed by atoms with Crippen LogP contribution in [0.5, 0.6) is 0 Å². The van der Waals surface area contributed by atoms with Gasteiger partial charge in [0.15, 0.2) is 0 Å². The van der Waals surface area contributed by atoms with Crippen molar-refractivity contribution in [1.29, 1.82) is 0 Å². The zero-order valence-corrected chi connectivity index (χ0v) is 17.7. The van der Waals surface area contributed by atoms with Gasteiger partial charge in [-0.2, -0.15) is 0 Å². The Morgan fingerprint density at radius 1 is 1.10 bits per heavy atom. The van der Waals surface area contributed by atoms with Crippen molar-refractivity contribution in [2.45, 2.75) is 19.8 Å². The number of aryl methyl sites for hydroxylation is 1. The van der Waals surface area contributed by atoms with Gasteiger partial charge < -0.3 is 15.2 Å². The van der Waals surface area contributed by atoms with Crippen molar-refractivity contribution in [1.82, 2.24) is 9.88 Å². The van der Waals surface area contributed by atoms with Crippen molar-refractivity contribution >= 4 is 28.1 Å². The Labute approximate surface area is 180 Å². The van der Waals surface area contributed by atoms with E-state index in [1.54, 1.807) is 6.07 Å². The van der Waals surface area contributed by atoms with E-state index in [0.717, 1.165) is 68.0 Å². The first kappa shape index (κ1) is 21.1. The fraction of sp³-hybridized carbons (Fsp3) is 0.333. The van der Waals surface area contributed by atoms with E-state index in [2.05, 4.69) is 26.2 Å². The second-order valence-electron chi connectivity index (χ2n) is 8.02. The molecule has 2 heterocycles. The molecule has 1 aliphatic rings. The predicted octanol–water partition coefficient (Wildman–Crippen LogP) is 3.38. The minimum atomic E-state index is -0.397. The molecule has 7 heteroatoms. The number of benzene rings is 2.